The summed E-state index contributed by atoms with van der Waals surface area (Å²) in [5, 5.41) is 0. The van der Waals surface area contributed by atoms with Crippen LogP contribution in [0.15, 0.2) is 18.2 Å². The van der Waals surface area contributed by atoms with Crippen molar-refractivity contribution in [2.45, 2.75) is 33.6 Å². The van der Waals surface area contributed by atoms with Gasteiger partial charge in [-0.3, -0.25) is 0 Å². The molecule has 2 rings (SSSR count). The van der Waals surface area contributed by atoms with E-state index >= 15 is 0 Å². The summed E-state index contributed by atoms with van der Waals surface area (Å²) in [7, 11) is 0. The quantitative estimate of drug-likeness (QED) is 0.773. The molecule has 0 radical (unpaired) electrons. The lowest BCUT2D eigenvalue weighted by Crippen LogP contribution is -2.25. The number of nitrogens with zero attached hydrogens (tertiary/aromatic N) is 1. The van der Waals surface area contributed by atoms with Crippen molar-refractivity contribution in [1.29, 1.82) is 0 Å². The highest BCUT2D eigenvalue weighted by Gasteiger charge is 2.20. The van der Waals surface area contributed by atoms with Gasteiger partial charge >= 0.3 is 0 Å². The second-order valence-corrected chi connectivity index (χ2v) is 5.94. The van der Waals surface area contributed by atoms with Crippen molar-refractivity contribution in [3.63, 3.8) is 0 Å². The third kappa shape index (κ3) is 2.49. The van der Waals surface area contributed by atoms with Gasteiger partial charge < -0.3 is 10.6 Å². The number of nitrogens with two attached hydrogens (primary N) is 1. The summed E-state index contributed by atoms with van der Waals surface area (Å²) < 4.78 is 0. The van der Waals surface area contributed by atoms with E-state index in [0.29, 0.717) is 5.41 Å². The molecule has 88 valence electrons. The Labute approximate surface area is 98.4 Å². The predicted molar refractivity (Wildman–Crippen MR) is 70.8 cm³/mol. The average Bonchev–Trinajstić information content (AvgIpc) is 2.56. The van der Waals surface area contributed by atoms with Crippen LogP contribution in [0.25, 0.3) is 0 Å². The lowest BCUT2D eigenvalue weighted by molar-refractivity contribution is 0.380. The molecule has 0 aliphatic carbocycles. The molecule has 16 heavy (non-hydrogen) atoms. The lowest BCUT2D eigenvalue weighted by Gasteiger charge is -2.25. The number of rotatable bonds is 2. The molecule has 2 nitrogen and oxygen atoms in total. The first-order valence-electron chi connectivity index (χ1n) is 6.09. The van der Waals surface area contributed by atoms with Crippen molar-refractivity contribution in [3.05, 3.63) is 23.8 Å². The largest absolute Gasteiger partial charge is 0.399 e. The molecule has 0 spiro atoms. The number of benzene rings is 1. The van der Waals surface area contributed by atoms with E-state index in [2.05, 4.69) is 37.8 Å². The zero-order valence-electron chi connectivity index (χ0n) is 10.6. The van der Waals surface area contributed by atoms with Crippen LogP contribution in [0.1, 0.15) is 32.8 Å². The van der Waals surface area contributed by atoms with Crippen molar-refractivity contribution in [1.82, 2.24) is 0 Å². The smallest absolute Gasteiger partial charge is 0.0401 e. The predicted octanol–water partition coefficient (Wildman–Crippen LogP) is 3.07. The molecule has 0 unspecified atom stereocenters. The van der Waals surface area contributed by atoms with Gasteiger partial charge in [0.25, 0.3) is 0 Å². The van der Waals surface area contributed by atoms with Gasteiger partial charge in [0, 0.05) is 24.5 Å². The van der Waals surface area contributed by atoms with Gasteiger partial charge in [-0.1, -0.05) is 20.8 Å². The van der Waals surface area contributed by atoms with Gasteiger partial charge in [-0.25, -0.2) is 0 Å². The van der Waals surface area contributed by atoms with E-state index in [1.807, 2.05) is 6.07 Å². The fourth-order valence-electron chi connectivity index (χ4n) is 2.19. The second kappa shape index (κ2) is 4.00. The van der Waals surface area contributed by atoms with E-state index in [1.54, 1.807) is 0 Å². The Bertz CT molecular complexity index is 377. The number of anilines is 2. The summed E-state index contributed by atoms with van der Waals surface area (Å²) in [6.45, 7) is 9.20. The highest BCUT2D eigenvalue weighted by atomic mass is 15.1. The zero-order valence-corrected chi connectivity index (χ0v) is 10.6. The molecule has 0 fully saturated rings. The molecular formula is C14H22N2. The molecule has 0 aromatic heterocycles. The molecule has 0 saturated heterocycles. The molecule has 1 aromatic carbocycles. The van der Waals surface area contributed by atoms with Gasteiger partial charge in [-0.15, -0.1) is 0 Å². The zero-order chi connectivity index (χ0) is 11.8. The third-order valence-corrected chi connectivity index (χ3v) is 3.23. The van der Waals surface area contributed by atoms with Gasteiger partial charge in [0.1, 0.15) is 0 Å². The van der Waals surface area contributed by atoms with Gasteiger partial charge in [0.2, 0.25) is 0 Å². The minimum atomic E-state index is 0.413. The van der Waals surface area contributed by atoms with E-state index in [-0.39, 0.29) is 0 Å². The molecular weight excluding hydrogens is 196 g/mol. The molecule has 1 aliphatic heterocycles. The van der Waals surface area contributed by atoms with Crippen LogP contribution in [0.5, 0.6) is 0 Å². The maximum atomic E-state index is 5.80. The van der Waals surface area contributed by atoms with Gasteiger partial charge in [0.05, 0.1) is 0 Å². The van der Waals surface area contributed by atoms with E-state index in [1.165, 1.54) is 17.7 Å². The normalized spacial score (nSPS) is 15.3. The molecule has 0 saturated carbocycles. The Morgan fingerprint density at radius 2 is 2.06 bits per heavy atom. The van der Waals surface area contributed by atoms with Crippen molar-refractivity contribution in [2.24, 2.45) is 5.41 Å². The van der Waals surface area contributed by atoms with Gasteiger partial charge in [-0.2, -0.15) is 0 Å². The summed E-state index contributed by atoms with van der Waals surface area (Å²) in [4.78, 5) is 2.49. The van der Waals surface area contributed by atoms with Crippen LogP contribution in [-0.4, -0.2) is 13.1 Å². The summed E-state index contributed by atoms with van der Waals surface area (Å²) in [6.07, 6.45) is 2.38. The minimum absolute atomic E-state index is 0.413. The summed E-state index contributed by atoms with van der Waals surface area (Å²) >= 11 is 0. The Morgan fingerprint density at radius 1 is 1.31 bits per heavy atom. The molecule has 0 bridgehead atoms. The van der Waals surface area contributed by atoms with Crippen LogP contribution in [0.2, 0.25) is 0 Å². The molecule has 0 amide bonds. The number of nitrogen functional groups attached to an aromatic ring is 1. The Hall–Kier alpha value is -1.18. The highest BCUT2D eigenvalue weighted by Crippen LogP contribution is 2.31. The Kier molecular flexibility index (Phi) is 2.83. The SMILES string of the molecule is CC(C)(C)CCN1CCc2cc(N)ccc21. The van der Waals surface area contributed by atoms with Crippen LogP contribution >= 0.6 is 0 Å². The first kappa shape index (κ1) is 11.3. The van der Waals surface area contributed by atoms with Crippen LogP contribution in [0.3, 0.4) is 0 Å². The number of hydrogen-bond donors (Lipinski definition) is 1. The molecule has 1 aromatic rings. The van der Waals surface area contributed by atoms with Crippen LogP contribution in [-0.2, 0) is 6.42 Å². The first-order valence-corrected chi connectivity index (χ1v) is 6.09. The van der Waals surface area contributed by atoms with Crippen LogP contribution in [0.4, 0.5) is 11.4 Å². The summed E-state index contributed by atoms with van der Waals surface area (Å²) in [5.74, 6) is 0. The second-order valence-electron chi connectivity index (χ2n) is 5.94. The number of hydrogen-bond acceptors (Lipinski definition) is 2. The molecule has 1 heterocycles. The van der Waals surface area contributed by atoms with Gasteiger partial charge in [0.15, 0.2) is 0 Å². The lowest BCUT2D eigenvalue weighted by atomic mass is 9.92. The molecule has 2 N–H and O–H groups in total. The maximum absolute atomic E-state index is 5.80. The van der Waals surface area contributed by atoms with E-state index < -0.39 is 0 Å². The molecule has 2 heteroatoms. The topological polar surface area (TPSA) is 29.3 Å². The van der Waals surface area contributed by atoms with Crippen molar-refractivity contribution >= 4 is 11.4 Å². The first-order chi connectivity index (χ1) is 7.46. The highest BCUT2D eigenvalue weighted by molar-refractivity contribution is 5.62. The Balaban J connectivity index is 2.06. The van der Waals surface area contributed by atoms with Crippen molar-refractivity contribution < 1.29 is 0 Å². The van der Waals surface area contributed by atoms with E-state index in [4.69, 9.17) is 5.73 Å². The van der Waals surface area contributed by atoms with E-state index in [0.717, 1.165) is 25.2 Å². The minimum Gasteiger partial charge on any atom is -0.399 e. The van der Waals surface area contributed by atoms with E-state index in [9.17, 15) is 0 Å². The average molecular weight is 218 g/mol. The number of fused-ring (bicyclic) bond motifs is 1. The molecule has 0 atom stereocenters. The molecule has 1 aliphatic rings. The Morgan fingerprint density at radius 3 is 2.75 bits per heavy atom. The van der Waals surface area contributed by atoms with Crippen molar-refractivity contribution in [3.8, 4) is 0 Å². The monoisotopic (exact) mass is 218 g/mol. The summed E-state index contributed by atoms with van der Waals surface area (Å²) in [5.41, 5.74) is 9.90. The van der Waals surface area contributed by atoms with Crippen molar-refractivity contribution in [2.75, 3.05) is 23.7 Å². The van der Waals surface area contributed by atoms with Crippen LogP contribution in [0, 0.1) is 5.41 Å². The fourth-order valence-corrected chi connectivity index (χ4v) is 2.19. The maximum Gasteiger partial charge on any atom is 0.0401 e. The summed E-state index contributed by atoms with van der Waals surface area (Å²) in [6, 6.07) is 6.29. The fraction of sp³-hybridized carbons (Fsp3) is 0.571. The van der Waals surface area contributed by atoms with Gasteiger partial charge in [-0.05, 0) is 42.0 Å². The van der Waals surface area contributed by atoms with Crippen LogP contribution < -0.4 is 10.6 Å². The third-order valence-electron chi connectivity index (χ3n) is 3.23. The standard InChI is InChI=1S/C14H22N2/c1-14(2,3)7-9-16-8-6-11-10-12(15)4-5-13(11)16/h4-5,10H,6-9,15H2,1-3H3.